The Hall–Kier alpha value is -2.19. The molecule has 5 rings (SSSR count). The van der Waals surface area contributed by atoms with Gasteiger partial charge in [0.2, 0.25) is 0 Å². The zero-order chi connectivity index (χ0) is 30.5. The lowest BCUT2D eigenvalue weighted by Crippen LogP contribution is -2.57. The molecule has 0 aliphatic heterocycles. The summed E-state index contributed by atoms with van der Waals surface area (Å²) in [5.74, 6) is -0.0209. The number of fused-ring (bicyclic) bond motifs is 1. The molecule has 2 aliphatic rings. The van der Waals surface area contributed by atoms with Crippen molar-refractivity contribution in [1.82, 2.24) is 3.97 Å². The van der Waals surface area contributed by atoms with E-state index in [1.165, 1.54) is 3.97 Å². The van der Waals surface area contributed by atoms with Gasteiger partial charge >= 0.3 is 0 Å². The van der Waals surface area contributed by atoms with E-state index in [1.807, 2.05) is 38.1 Å². The normalized spacial score (nSPS) is 24.5. The molecule has 8 heteroatoms. The van der Waals surface area contributed by atoms with Crippen LogP contribution in [-0.2, 0) is 24.7 Å². The molecule has 2 aromatic carbocycles. The maximum absolute atomic E-state index is 14.1. The summed E-state index contributed by atoms with van der Waals surface area (Å²) >= 11 is 7.18. The first-order valence-corrected chi connectivity index (χ1v) is 19.1. The van der Waals surface area contributed by atoms with Gasteiger partial charge in [-0.1, -0.05) is 70.0 Å². The number of aromatic nitrogens is 1. The van der Waals surface area contributed by atoms with Gasteiger partial charge in [0.25, 0.3) is 10.0 Å². The van der Waals surface area contributed by atoms with Crippen molar-refractivity contribution in [3.8, 4) is 0 Å². The number of rotatable bonds is 5. The van der Waals surface area contributed by atoms with Gasteiger partial charge in [0.05, 0.1) is 27.3 Å². The summed E-state index contributed by atoms with van der Waals surface area (Å²) < 4.78 is 36.9. The molecule has 1 heterocycles. The fourth-order valence-corrected chi connectivity index (χ4v) is 9.34. The highest BCUT2D eigenvalue weighted by molar-refractivity contribution is 7.90. The van der Waals surface area contributed by atoms with Gasteiger partial charge in [0.1, 0.15) is 5.78 Å². The Balaban J connectivity index is 1.86. The number of benzene rings is 2. The first kappa shape index (κ1) is 30.3. The summed E-state index contributed by atoms with van der Waals surface area (Å²) in [6.45, 7) is 20.8. The van der Waals surface area contributed by atoms with Crippen molar-refractivity contribution < 1.29 is 17.6 Å². The van der Waals surface area contributed by atoms with Gasteiger partial charge in [-0.15, -0.1) is 11.6 Å². The lowest BCUT2D eigenvalue weighted by atomic mass is 9.58. The topological polar surface area (TPSA) is 65.4 Å². The highest BCUT2D eigenvalue weighted by Gasteiger charge is 2.57. The molecule has 0 saturated heterocycles. The molecule has 0 unspecified atom stereocenters. The minimum Gasteiger partial charge on any atom is -0.409 e. The van der Waals surface area contributed by atoms with Crippen molar-refractivity contribution in [2.75, 3.05) is 0 Å². The van der Waals surface area contributed by atoms with E-state index in [0.717, 1.165) is 33.2 Å². The number of carbonyl (C=O) groups excluding carboxylic acids is 1. The number of carbonyl (C=O) groups is 1. The third kappa shape index (κ3) is 4.33. The van der Waals surface area contributed by atoms with Crippen molar-refractivity contribution in [2.45, 2.75) is 102 Å². The molecule has 0 radical (unpaired) electrons. The first-order chi connectivity index (χ1) is 18.8. The summed E-state index contributed by atoms with van der Waals surface area (Å²) in [7, 11) is -6.31. The van der Waals surface area contributed by atoms with Crippen molar-refractivity contribution in [2.24, 2.45) is 5.41 Å². The summed E-state index contributed by atoms with van der Waals surface area (Å²) in [6, 6.07) is 12.8. The second-order valence-electron chi connectivity index (χ2n) is 14.1. The molecule has 3 aromatic rings. The minimum atomic E-state index is -3.90. The average molecular weight is 612 g/mol. The van der Waals surface area contributed by atoms with Gasteiger partial charge in [-0.2, -0.15) is 0 Å². The van der Waals surface area contributed by atoms with Crippen LogP contribution >= 0.6 is 11.6 Å². The van der Waals surface area contributed by atoms with Gasteiger partial charge in [-0.25, -0.2) is 12.4 Å². The Morgan fingerprint density at radius 3 is 2.24 bits per heavy atom. The van der Waals surface area contributed by atoms with E-state index in [4.69, 9.17) is 16.0 Å². The molecule has 0 fully saturated rings. The van der Waals surface area contributed by atoms with Gasteiger partial charge in [0, 0.05) is 22.6 Å². The minimum absolute atomic E-state index is 0.0209. The molecule has 41 heavy (non-hydrogen) atoms. The second kappa shape index (κ2) is 9.40. The Bertz CT molecular complexity index is 1710. The van der Waals surface area contributed by atoms with Crippen LogP contribution in [0.5, 0.6) is 0 Å². The number of ketones is 1. The molecule has 0 amide bonds. The molecular formula is C33H42ClNO4SSi. The van der Waals surface area contributed by atoms with Crippen LogP contribution < -0.4 is 0 Å². The van der Waals surface area contributed by atoms with Crippen molar-refractivity contribution in [1.29, 1.82) is 0 Å². The Kier molecular flexibility index (Phi) is 6.94. The van der Waals surface area contributed by atoms with Crippen LogP contribution in [0.4, 0.5) is 0 Å². The second-order valence-corrected chi connectivity index (χ2v) is 21.2. The third-order valence-electron chi connectivity index (χ3n) is 10.2. The summed E-state index contributed by atoms with van der Waals surface area (Å²) in [5.41, 5.74) is 4.11. The fourth-order valence-electron chi connectivity index (χ4n) is 6.25. The lowest BCUT2D eigenvalue weighted by Gasteiger charge is -2.53. The first-order valence-electron chi connectivity index (χ1n) is 14.3. The zero-order valence-corrected chi connectivity index (χ0v) is 28.4. The number of halogens is 1. The predicted molar refractivity (Wildman–Crippen MR) is 171 cm³/mol. The number of alkyl halides is 1. The molecule has 0 bridgehead atoms. The van der Waals surface area contributed by atoms with Crippen LogP contribution in [-0.4, -0.2) is 38.0 Å². The third-order valence-corrected chi connectivity index (χ3v) is 17.0. The van der Waals surface area contributed by atoms with Crippen LogP contribution in [0.3, 0.4) is 0 Å². The maximum atomic E-state index is 14.1. The molecule has 3 atom stereocenters. The molecule has 2 aliphatic carbocycles. The average Bonchev–Trinajstić information content (AvgIpc) is 3.25. The number of aryl methyl sites for hydroxylation is 1. The van der Waals surface area contributed by atoms with E-state index in [0.29, 0.717) is 11.9 Å². The van der Waals surface area contributed by atoms with Gasteiger partial charge < -0.3 is 4.43 Å². The van der Waals surface area contributed by atoms with E-state index >= 15 is 0 Å². The van der Waals surface area contributed by atoms with Crippen LogP contribution in [0.25, 0.3) is 16.5 Å². The lowest BCUT2D eigenvalue weighted by molar-refractivity contribution is -0.130. The molecule has 220 valence electrons. The van der Waals surface area contributed by atoms with Crippen LogP contribution in [0, 0.1) is 12.3 Å². The van der Waals surface area contributed by atoms with Crippen molar-refractivity contribution in [3.05, 3.63) is 70.9 Å². The van der Waals surface area contributed by atoms with Gasteiger partial charge in [-0.3, -0.25) is 4.79 Å². The number of nitrogens with zero attached hydrogens (tertiary/aromatic N) is 1. The van der Waals surface area contributed by atoms with E-state index in [2.05, 4.69) is 53.8 Å². The highest BCUT2D eigenvalue weighted by Crippen LogP contribution is 2.59. The standard InChI is InChI=1S/C33H42ClNO4SSi/c1-20-14-16-22(17-15-20)40(37,38)35-19-23-28-24(12-11-13-26(28)35)32(6,7)25-18-27(34)33(8,21(2)36)30(29(23)25)39-41(9,10)31(3,4)5/h11-17,19,27,30H,18H2,1-10H3/t27-,30-,33+/m1/s1. The summed E-state index contributed by atoms with van der Waals surface area (Å²) in [5, 5.41) is 0.324. The fraction of sp³-hybridized carbons (Fsp3) is 0.485. The van der Waals surface area contributed by atoms with Crippen LogP contribution in [0.2, 0.25) is 18.1 Å². The van der Waals surface area contributed by atoms with Gasteiger partial charge in [0.15, 0.2) is 8.32 Å². The molecule has 0 spiro atoms. The Morgan fingerprint density at radius 2 is 1.68 bits per heavy atom. The van der Waals surface area contributed by atoms with Crippen molar-refractivity contribution in [3.63, 3.8) is 0 Å². The summed E-state index contributed by atoms with van der Waals surface area (Å²) in [4.78, 5) is 13.7. The smallest absolute Gasteiger partial charge is 0.268 e. The largest absolute Gasteiger partial charge is 0.409 e. The monoisotopic (exact) mass is 611 g/mol. The highest BCUT2D eigenvalue weighted by atomic mass is 35.5. The summed E-state index contributed by atoms with van der Waals surface area (Å²) in [6.07, 6.45) is 1.66. The van der Waals surface area contributed by atoms with E-state index in [1.54, 1.807) is 25.3 Å². The number of hydrogen-bond acceptors (Lipinski definition) is 4. The van der Waals surface area contributed by atoms with Crippen LogP contribution in [0.1, 0.15) is 71.6 Å². The number of allylic oxidation sites excluding steroid dienone is 1. The van der Waals surface area contributed by atoms with E-state index in [-0.39, 0.29) is 15.7 Å². The van der Waals surface area contributed by atoms with Gasteiger partial charge in [-0.05, 0) is 74.7 Å². The Labute approximate surface area is 251 Å². The molecular weight excluding hydrogens is 570 g/mol. The van der Waals surface area contributed by atoms with Crippen molar-refractivity contribution >= 4 is 52.2 Å². The SMILES string of the molecule is CC(=O)[C@@]1(C)[C@H](Cl)CC2=C(c3cn(S(=O)(=O)c4ccc(C)cc4)c4cccc(c34)C2(C)C)[C@H]1O[Si](C)(C)C(C)(C)C. The van der Waals surface area contributed by atoms with E-state index in [9.17, 15) is 13.2 Å². The number of hydrogen-bond donors (Lipinski definition) is 0. The van der Waals surface area contributed by atoms with E-state index < -0.39 is 40.7 Å². The molecule has 5 nitrogen and oxygen atoms in total. The zero-order valence-electron chi connectivity index (χ0n) is 25.8. The van der Waals surface area contributed by atoms with Crippen LogP contribution in [0.15, 0.2) is 59.1 Å². The molecule has 0 saturated carbocycles. The number of Topliss-reactive ketones (excluding diaryl/α,β-unsaturated/α-hetero) is 1. The Morgan fingerprint density at radius 1 is 1.07 bits per heavy atom. The predicted octanol–water partition coefficient (Wildman–Crippen LogP) is 8.23. The molecule has 1 aromatic heterocycles. The maximum Gasteiger partial charge on any atom is 0.268 e. The quantitative estimate of drug-likeness (QED) is 0.215. The molecule has 0 N–H and O–H groups in total.